The number of rotatable bonds is 8. The maximum absolute atomic E-state index is 12.5. The molecule has 0 atom stereocenters. The lowest BCUT2D eigenvalue weighted by atomic mass is 10.4. The Kier molecular flexibility index (Phi) is 7.52. The summed E-state index contributed by atoms with van der Waals surface area (Å²) in [5.74, 6) is -0.749. The van der Waals surface area contributed by atoms with Crippen molar-refractivity contribution in [2.75, 3.05) is 19.6 Å². The van der Waals surface area contributed by atoms with Gasteiger partial charge in [-0.05, 0) is 6.07 Å². The first-order valence-corrected chi connectivity index (χ1v) is 9.09. The third-order valence-electron chi connectivity index (χ3n) is 3.27. The van der Waals surface area contributed by atoms with Crippen molar-refractivity contribution in [3.8, 4) is 0 Å². The number of carbonyl (C=O) groups excluding carboxylic acids is 2. The molecular weight excluding hydrogens is 348 g/mol. The van der Waals surface area contributed by atoms with E-state index in [1.165, 1.54) is 16.4 Å². The van der Waals surface area contributed by atoms with Crippen LogP contribution in [0.3, 0.4) is 0 Å². The lowest BCUT2D eigenvalue weighted by molar-refractivity contribution is -0.120. The first-order valence-electron chi connectivity index (χ1n) is 7.65. The van der Waals surface area contributed by atoms with Gasteiger partial charge in [-0.3, -0.25) is 14.9 Å². The van der Waals surface area contributed by atoms with Crippen molar-refractivity contribution >= 4 is 22.0 Å². The molecule has 0 saturated carbocycles. The van der Waals surface area contributed by atoms with Crippen LogP contribution in [-0.2, 0) is 21.4 Å². The molecule has 0 saturated heterocycles. The fourth-order valence-electron chi connectivity index (χ4n) is 2.03. The Morgan fingerprint density at radius 2 is 1.92 bits per heavy atom. The minimum absolute atomic E-state index is 0.0975. The number of nitrogens with zero attached hydrogens (tertiary/aromatic N) is 2. The normalized spacial score (nSPS) is 11.2. The third kappa shape index (κ3) is 5.54. The number of carbonyl (C=O) groups is 2. The number of amides is 3. The Balaban J connectivity index is 2.99. The molecule has 9 nitrogen and oxygen atoms in total. The monoisotopic (exact) mass is 370 g/mol. The first-order chi connectivity index (χ1) is 11.8. The average Bonchev–Trinajstić information content (AvgIpc) is 2.55. The molecule has 0 bridgehead atoms. The predicted octanol–water partition coefficient (Wildman–Crippen LogP) is -0.109. The van der Waals surface area contributed by atoms with Crippen LogP contribution in [0.1, 0.15) is 13.8 Å². The Morgan fingerprint density at radius 1 is 1.28 bits per heavy atom. The molecule has 10 heteroatoms. The van der Waals surface area contributed by atoms with Crippen molar-refractivity contribution in [3.63, 3.8) is 0 Å². The highest BCUT2D eigenvalue weighted by Gasteiger charge is 2.22. The highest BCUT2D eigenvalue weighted by molar-refractivity contribution is 7.89. The SMILES string of the molecule is C=CCNC(=O)NC(=O)Cn1cc(S(=O)(=O)N(CC)CC)ccc1=O. The maximum atomic E-state index is 12.5. The summed E-state index contributed by atoms with van der Waals surface area (Å²) in [7, 11) is -3.76. The Hall–Kier alpha value is -2.46. The van der Waals surface area contributed by atoms with Gasteiger partial charge in [0.25, 0.3) is 5.56 Å². The van der Waals surface area contributed by atoms with E-state index in [-0.39, 0.29) is 24.5 Å². The van der Waals surface area contributed by atoms with Gasteiger partial charge in [-0.2, -0.15) is 4.31 Å². The van der Waals surface area contributed by atoms with Gasteiger partial charge in [0.05, 0.1) is 4.90 Å². The Morgan fingerprint density at radius 3 is 2.48 bits per heavy atom. The van der Waals surface area contributed by atoms with Crippen molar-refractivity contribution in [3.05, 3.63) is 41.3 Å². The van der Waals surface area contributed by atoms with Gasteiger partial charge >= 0.3 is 6.03 Å². The maximum Gasteiger partial charge on any atom is 0.321 e. The smallest absolute Gasteiger partial charge is 0.321 e. The van der Waals surface area contributed by atoms with Gasteiger partial charge in [0, 0.05) is 31.9 Å². The molecule has 0 aliphatic heterocycles. The lowest BCUT2D eigenvalue weighted by Crippen LogP contribution is -2.42. The second kappa shape index (κ2) is 9.14. The summed E-state index contributed by atoms with van der Waals surface area (Å²) in [5, 5.41) is 4.39. The number of sulfonamides is 1. The fraction of sp³-hybridized carbons (Fsp3) is 0.400. The molecule has 138 valence electrons. The zero-order valence-corrected chi connectivity index (χ0v) is 15.0. The van der Waals surface area contributed by atoms with Crippen molar-refractivity contribution in [2.45, 2.75) is 25.3 Å². The van der Waals surface area contributed by atoms with Crippen LogP contribution >= 0.6 is 0 Å². The van der Waals surface area contributed by atoms with Crippen LogP contribution in [0.5, 0.6) is 0 Å². The Bertz CT molecular complexity index is 796. The fourth-order valence-corrected chi connectivity index (χ4v) is 3.51. The third-order valence-corrected chi connectivity index (χ3v) is 5.31. The van der Waals surface area contributed by atoms with Crippen molar-refractivity contribution in [2.24, 2.45) is 0 Å². The van der Waals surface area contributed by atoms with E-state index in [0.717, 1.165) is 16.8 Å². The van der Waals surface area contributed by atoms with Crippen molar-refractivity contribution in [1.82, 2.24) is 19.5 Å². The number of hydrogen-bond acceptors (Lipinski definition) is 5. The summed E-state index contributed by atoms with van der Waals surface area (Å²) < 4.78 is 27.1. The van der Waals surface area contributed by atoms with Crippen molar-refractivity contribution in [1.29, 1.82) is 0 Å². The molecule has 25 heavy (non-hydrogen) atoms. The number of pyridine rings is 1. The molecule has 0 aliphatic rings. The van der Waals surface area contributed by atoms with E-state index in [0.29, 0.717) is 0 Å². The standard InChI is InChI=1S/C15H22N4O5S/c1-4-9-16-15(22)17-13(20)11-18-10-12(7-8-14(18)21)25(23,24)19(5-2)6-3/h4,7-8,10H,1,5-6,9,11H2,2-3H3,(H2,16,17,20,22). The molecule has 3 amide bonds. The molecule has 1 heterocycles. The van der Waals surface area contributed by atoms with Gasteiger partial charge < -0.3 is 9.88 Å². The van der Waals surface area contributed by atoms with Gasteiger partial charge in [-0.25, -0.2) is 13.2 Å². The summed E-state index contributed by atoms with van der Waals surface area (Å²) in [6.45, 7) is 7.07. The van der Waals surface area contributed by atoms with Crippen LogP contribution in [0.15, 0.2) is 40.7 Å². The molecule has 0 unspecified atom stereocenters. The second-order valence-electron chi connectivity index (χ2n) is 4.97. The molecule has 0 radical (unpaired) electrons. The highest BCUT2D eigenvalue weighted by atomic mass is 32.2. The van der Waals surface area contributed by atoms with Crippen LogP contribution in [0.4, 0.5) is 4.79 Å². The minimum atomic E-state index is -3.76. The molecule has 0 spiro atoms. The minimum Gasteiger partial charge on any atom is -0.334 e. The first kappa shape index (κ1) is 20.6. The summed E-state index contributed by atoms with van der Waals surface area (Å²) in [4.78, 5) is 35.0. The summed E-state index contributed by atoms with van der Waals surface area (Å²) in [6.07, 6.45) is 2.54. The van der Waals surface area contributed by atoms with Crippen LogP contribution in [-0.4, -0.2) is 48.9 Å². The zero-order valence-electron chi connectivity index (χ0n) is 14.2. The largest absolute Gasteiger partial charge is 0.334 e. The van der Waals surface area contributed by atoms with Gasteiger partial charge in [0.15, 0.2) is 0 Å². The predicted molar refractivity (Wildman–Crippen MR) is 92.5 cm³/mol. The lowest BCUT2D eigenvalue weighted by Gasteiger charge is -2.19. The van der Waals surface area contributed by atoms with Crippen LogP contribution in [0.2, 0.25) is 0 Å². The van der Waals surface area contributed by atoms with Crippen molar-refractivity contribution < 1.29 is 18.0 Å². The highest BCUT2D eigenvalue weighted by Crippen LogP contribution is 2.13. The Labute approximate surface area is 146 Å². The zero-order chi connectivity index (χ0) is 19.0. The van der Waals surface area contributed by atoms with Gasteiger partial charge in [-0.15, -0.1) is 6.58 Å². The summed E-state index contributed by atoms with van der Waals surface area (Å²) in [5.41, 5.74) is -0.555. The molecule has 1 aromatic heterocycles. The van der Waals surface area contributed by atoms with E-state index in [2.05, 4.69) is 11.9 Å². The van der Waals surface area contributed by atoms with Gasteiger partial charge in [-0.1, -0.05) is 19.9 Å². The van der Waals surface area contributed by atoms with Gasteiger partial charge in [0.2, 0.25) is 15.9 Å². The average molecular weight is 370 g/mol. The summed E-state index contributed by atoms with van der Waals surface area (Å²) in [6, 6.07) is 1.53. The molecular formula is C15H22N4O5S. The van der Waals surface area contributed by atoms with E-state index in [1.807, 2.05) is 5.32 Å². The van der Waals surface area contributed by atoms with Crippen LogP contribution in [0, 0.1) is 0 Å². The molecule has 0 aromatic carbocycles. The van der Waals surface area contributed by atoms with E-state index >= 15 is 0 Å². The number of nitrogens with one attached hydrogen (secondary N) is 2. The number of imide groups is 1. The van der Waals surface area contributed by atoms with Crippen LogP contribution in [0.25, 0.3) is 0 Å². The summed E-state index contributed by atoms with van der Waals surface area (Å²) >= 11 is 0. The topological polar surface area (TPSA) is 118 Å². The number of urea groups is 1. The van der Waals surface area contributed by atoms with Gasteiger partial charge in [0.1, 0.15) is 6.54 Å². The molecule has 2 N–H and O–H groups in total. The van der Waals surface area contributed by atoms with E-state index in [1.54, 1.807) is 13.8 Å². The second-order valence-corrected chi connectivity index (χ2v) is 6.91. The van der Waals surface area contributed by atoms with Crippen LogP contribution < -0.4 is 16.2 Å². The molecule has 0 fully saturated rings. The molecule has 1 aromatic rings. The van der Waals surface area contributed by atoms with E-state index < -0.39 is 34.1 Å². The molecule has 1 rings (SSSR count). The number of hydrogen-bond donors (Lipinski definition) is 2. The number of aromatic nitrogens is 1. The quantitative estimate of drug-likeness (QED) is 0.619. The van der Waals surface area contributed by atoms with E-state index in [9.17, 15) is 22.8 Å². The van der Waals surface area contributed by atoms with E-state index in [4.69, 9.17) is 0 Å². The molecule has 0 aliphatic carbocycles.